The van der Waals surface area contributed by atoms with Gasteiger partial charge >= 0.3 is 5.97 Å². The fraction of sp³-hybridized carbons (Fsp3) is 0.857. The lowest BCUT2D eigenvalue weighted by Gasteiger charge is -2.25. The van der Waals surface area contributed by atoms with Crippen molar-refractivity contribution in [2.45, 2.75) is 25.6 Å². The third-order valence-corrected chi connectivity index (χ3v) is 3.98. The highest BCUT2D eigenvalue weighted by Gasteiger charge is 2.26. The average Bonchev–Trinajstić information content (AvgIpc) is 2.09. The van der Waals surface area contributed by atoms with Crippen LogP contribution in [0.4, 0.5) is 0 Å². The predicted molar refractivity (Wildman–Crippen MR) is 51.1 cm³/mol. The Morgan fingerprint density at radius 1 is 1.58 bits per heavy atom. The molecular formula is C7H12O3S2. The fourth-order valence-corrected chi connectivity index (χ4v) is 3.18. The van der Waals surface area contributed by atoms with Gasteiger partial charge in [-0.15, -0.1) is 0 Å². The molecule has 0 aromatic carbocycles. The number of hydrogen-bond donors (Lipinski definition) is 1. The average molecular weight is 208 g/mol. The first kappa shape index (κ1) is 10.2. The minimum atomic E-state index is -0.494. The Morgan fingerprint density at radius 2 is 2.25 bits per heavy atom. The van der Waals surface area contributed by atoms with Gasteiger partial charge in [0, 0.05) is 17.9 Å². The summed E-state index contributed by atoms with van der Waals surface area (Å²) in [5, 5.41) is 9.40. The molecule has 5 heteroatoms. The molecule has 0 unspecified atom stereocenters. The molecule has 1 aliphatic heterocycles. The molecule has 0 radical (unpaired) electrons. The van der Waals surface area contributed by atoms with Crippen molar-refractivity contribution in [1.29, 1.82) is 0 Å². The lowest BCUT2D eigenvalue weighted by Crippen LogP contribution is -2.36. The van der Waals surface area contributed by atoms with Crippen LogP contribution in [0.2, 0.25) is 0 Å². The molecule has 1 N–H and O–H groups in total. The van der Waals surface area contributed by atoms with Crippen LogP contribution >= 0.6 is 21.6 Å². The molecule has 0 spiro atoms. The quantitative estimate of drug-likeness (QED) is 0.543. The van der Waals surface area contributed by atoms with E-state index in [9.17, 15) is 9.90 Å². The molecule has 1 aliphatic rings. The van der Waals surface area contributed by atoms with E-state index < -0.39 is 6.10 Å². The summed E-state index contributed by atoms with van der Waals surface area (Å²) >= 11 is 0. The molecule has 0 aliphatic carbocycles. The molecule has 0 bridgehead atoms. The lowest BCUT2D eigenvalue weighted by molar-refractivity contribution is -0.152. The second-order valence-electron chi connectivity index (χ2n) is 2.52. The Kier molecular flexibility index (Phi) is 4.25. The first-order chi connectivity index (χ1) is 5.74. The molecule has 1 saturated heterocycles. The van der Waals surface area contributed by atoms with Crippen molar-refractivity contribution in [3.05, 3.63) is 0 Å². The van der Waals surface area contributed by atoms with Gasteiger partial charge in [0.2, 0.25) is 0 Å². The monoisotopic (exact) mass is 208 g/mol. The van der Waals surface area contributed by atoms with Gasteiger partial charge in [0.25, 0.3) is 0 Å². The highest BCUT2D eigenvalue weighted by Crippen LogP contribution is 2.30. The van der Waals surface area contributed by atoms with Crippen molar-refractivity contribution >= 4 is 27.6 Å². The number of carbonyl (C=O) groups excluding carboxylic acids is 1. The summed E-state index contributed by atoms with van der Waals surface area (Å²) in [4.78, 5) is 10.9. The third kappa shape index (κ3) is 2.88. The van der Waals surface area contributed by atoms with Gasteiger partial charge < -0.3 is 9.84 Å². The van der Waals surface area contributed by atoms with Crippen LogP contribution in [-0.2, 0) is 9.53 Å². The minimum Gasteiger partial charge on any atom is -0.459 e. The van der Waals surface area contributed by atoms with E-state index >= 15 is 0 Å². The van der Waals surface area contributed by atoms with E-state index in [-0.39, 0.29) is 12.1 Å². The zero-order chi connectivity index (χ0) is 8.97. The molecule has 3 nitrogen and oxygen atoms in total. The summed E-state index contributed by atoms with van der Waals surface area (Å²) in [5.41, 5.74) is 0. The minimum absolute atomic E-state index is 0.230. The normalized spacial score (nSPS) is 29.8. The van der Waals surface area contributed by atoms with Crippen molar-refractivity contribution in [1.82, 2.24) is 0 Å². The van der Waals surface area contributed by atoms with Crippen LogP contribution in [0.25, 0.3) is 0 Å². The van der Waals surface area contributed by atoms with Crippen LogP contribution in [0, 0.1) is 0 Å². The van der Waals surface area contributed by atoms with Gasteiger partial charge in [-0.05, 0) is 0 Å². The van der Waals surface area contributed by atoms with E-state index in [1.807, 2.05) is 0 Å². The smallest absolute Gasteiger partial charge is 0.305 e. The molecule has 1 rings (SSSR count). The molecule has 0 saturated carbocycles. The number of ether oxygens (including phenoxy) is 1. The standard InChI is InChI=1S/C7H12O3S2/c1-2-7(9)10-6-4-12-11-3-5(6)8/h5-6,8H,2-4H2,1H3/t5-,6-/m0/s1. The van der Waals surface area contributed by atoms with Gasteiger partial charge in [0.1, 0.15) is 12.2 Å². The molecular weight excluding hydrogens is 196 g/mol. The van der Waals surface area contributed by atoms with E-state index in [0.717, 1.165) is 0 Å². The van der Waals surface area contributed by atoms with Crippen LogP contribution < -0.4 is 0 Å². The van der Waals surface area contributed by atoms with E-state index in [1.165, 1.54) is 0 Å². The maximum Gasteiger partial charge on any atom is 0.305 e. The van der Waals surface area contributed by atoms with Crippen LogP contribution in [0.5, 0.6) is 0 Å². The molecule has 2 atom stereocenters. The van der Waals surface area contributed by atoms with Crippen molar-refractivity contribution in [2.24, 2.45) is 0 Å². The maximum absolute atomic E-state index is 10.9. The van der Waals surface area contributed by atoms with Gasteiger partial charge in [-0.25, -0.2) is 0 Å². The molecule has 12 heavy (non-hydrogen) atoms. The number of rotatable bonds is 2. The van der Waals surface area contributed by atoms with E-state index in [2.05, 4.69) is 0 Å². The van der Waals surface area contributed by atoms with Gasteiger partial charge in [-0.2, -0.15) is 0 Å². The molecule has 1 fully saturated rings. The van der Waals surface area contributed by atoms with Gasteiger partial charge in [-0.3, -0.25) is 4.79 Å². The van der Waals surface area contributed by atoms with Crippen LogP contribution in [0.15, 0.2) is 0 Å². The van der Waals surface area contributed by atoms with Gasteiger partial charge in [0.15, 0.2) is 0 Å². The summed E-state index contributed by atoms with van der Waals surface area (Å²) in [6.07, 6.45) is -0.420. The summed E-state index contributed by atoms with van der Waals surface area (Å²) in [6.45, 7) is 1.75. The maximum atomic E-state index is 10.9. The highest BCUT2D eigenvalue weighted by molar-refractivity contribution is 8.76. The summed E-state index contributed by atoms with van der Waals surface area (Å²) in [5.74, 6) is 1.11. The van der Waals surface area contributed by atoms with Crippen molar-refractivity contribution in [3.63, 3.8) is 0 Å². The van der Waals surface area contributed by atoms with E-state index in [1.54, 1.807) is 28.5 Å². The second kappa shape index (κ2) is 4.99. The summed E-state index contributed by atoms with van der Waals surface area (Å²) < 4.78 is 5.03. The van der Waals surface area contributed by atoms with E-state index in [4.69, 9.17) is 4.74 Å². The number of carbonyl (C=O) groups is 1. The number of esters is 1. The SMILES string of the molecule is CCC(=O)O[C@H]1CSSC[C@@H]1O. The van der Waals surface area contributed by atoms with Gasteiger partial charge in [-0.1, -0.05) is 28.5 Å². The summed E-state index contributed by atoms with van der Waals surface area (Å²) in [7, 11) is 3.26. The molecule has 0 aromatic heterocycles. The number of hydrogen-bond acceptors (Lipinski definition) is 5. The number of aliphatic hydroxyl groups excluding tert-OH is 1. The van der Waals surface area contributed by atoms with Crippen LogP contribution in [-0.4, -0.2) is 34.8 Å². The third-order valence-electron chi connectivity index (χ3n) is 1.56. The Labute approximate surface area is 79.6 Å². The molecule has 1 heterocycles. The zero-order valence-electron chi connectivity index (χ0n) is 6.86. The highest BCUT2D eigenvalue weighted by atomic mass is 33.1. The zero-order valence-corrected chi connectivity index (χ0v) is 8.49. The lowest BCUT2D eigenvalue weighted by atomic mass is 10.2. The van der Waals surface area contributed by atoms with Gasteiger partial charge in [0.05, 0.1) is 0 Å². The van der Waals surface area contributed by atoms with E-state index in [0.29, 0.717) is 17.9 Å². The van der Waals surface area contributed by atoms with Crippen molar-refractivity contribution in [2.75, 3.05) is 11.5 Å². The van der Waals surface area contributed by atoms with Crippen molar-refractivity contribution < 1.29 is 14.6 Å². The Morgan fingerprint density at radius 3 is 2.83 bits per heavy atom. The molecule has 0 aromatic rings. The Bertz CT molecular complexity index is 163. The van der Waals surface area contributed by atoms with Crippen LogP contribution in [0.1, 0.15) is 13.3 Å². The Hall–Kier alpha value is 0.130. The topological polar surface area (TPSA) is 46.5 Å². The second-order valence-corrected chi connectivity index (χ2v) is 5.07. The first-order valence-electron chi connectivity index (χ1n) is 3.86. The fourth-order valence-electron chi connectivity index (χ4n) is 0.816. The Balaban J connectivity index is 2.33. The molecule has 0 amide bonds. The van der Waals surface area contributed by atoms with Crippen LogP contribution in [0.3, 0.4) is 0 Å². The van der Waals surface area contributed by atoms with Crippen molar-refractivity contribution in [3.8, 4) is 0 Å². The summed E-state index contributed by atoms with van der Waals surface area (Å²) in [6, 6.07) is 0. The first-order valence-corrected chi connectivity index (χ1v) is 6.34. The molecule has 70 valence electrons. The number of aliphatic hydroxyl groups is 1. The predicted octanol–water partition coefficient (Wildman–Crippen LogP) is 1.06. The largest absolute Gasteiger partial charge is 0.459 e.